The Kier molecular flexibility index (Phi) is 12.7. The van der Waals surface area contributed by atoms with Gasteiger partial charge in [-0.15, -0.1) is 0 Å². The van der Waals surface area contributed by atoms with Crippen molar-refractivity contribution in [2.24, 2.45) is 11.5 Å². The summed E-state index contributed by atoms with van der Waals surface area (Å²) in [6, 6.07) is 5.73. The second-order valence-corrected chi connectivity index (χ2v) is 10.00. The van der Waals surface area contributed by atoms with Crippen LogP contribution in [0.2, 0.25) is 0 Å². The van der Waals surface area contributed by atoms with Gasteiger partial charge in [0.25, 0.3) is 0 Å². The highest BCUT2D eigenvalue weighted by Gasteiger charge is 2.38. The van der Waals surface area contributed by atoms with E-state index in [0.717, 1.165) is 5.56 Å². The molecule has 10 nitrogen and oxygen atoms in total. The molecule has 4 unspecified atom stereocenters. The summed E-state index contributed by atoms with van der Waals surface area (Å²) in [4.78, 5) is 52.4. The molecule has 1 aromatic carbocycles. The van der Waals surface area contributed by atoms with Crippen molar-refractivity contribution >= 4 is 35.5 Å². The molecule has 1 aromatic rings. The molecule has 1 aliphatic rings. The third-order valence-corrected chi connectivity index (χ3v) is 6.91. The first kappa shape index (κ1) is 29.6. The Labute approximate surface area is 216 Å². The summed E-state index contributed by atoms with van der Waals surface area (Å²) < 4.78 is 0. The van der Waals surface area contributed by atoms with Gasteiger partial charge >= 0.3 is 5.97 Å². The minimum Gasteiger partial charge on any atom is -0.480 e. The zero-order valence-corrected chi connectivity index (χ0v) is 21.7. The number of carboxylic acids is 1. The van der Waals surface area contributed by atoms with Crippen molar-refractivity contribution in [3.8, 4) is 0 Å². The molecule has 1 fully saturated rings. The SMILES string of the molecule is CSCCC(N)C(=O)NC(Cc1ccccc1)C(=O)NC(CCCCN)C(=O)N1CCCC1C(=O)O. The smallest absolute Gasteiger partial charge is 0.326 e. The largest absolute Gasteiger partial charge is 0.480 e. The summed E-state index contributed by atoms with van der Waals surface area (Å²) in [6.45, 7) is 0.768. The first-order valence-corrected chi connectivity index (χ1v) is 13.8. The number of nitrogens with zero attached hydrogens (tertiary/aromatic N) is 1. The van der Waals surface area contributed by atoms with Crippen LogP contribution in [0.4, 0.5) is 0 Å². The topological polar surface area (TPSA) is 168 Å². The van der Waals surface area contributed by atoms with Gasteiger partial charge in [0, 0.05) is 13.0 Å². The normalized spacial score (nSPS) is 17.8. The quantitative estimate of drug-likeness (QED) is 0.208. The van der Waals surface area contributed by atoms with Crippen LogP contribution in [0.1, 0.15) is 44.1 Å². The van der Waals surface area contributed by atoms with Gasteiger partial charge in [-0.1, -0.05) is 30.3 Å². The standard InChI is InChI=1S/C25H39N5O5S/c1-36-15-12-18(27)22(31)29-20(16-17-8-3-2-4-9-17)23(32)28-19(10-5-6-13-26)24(33)30-14-7-11-21(30)25(34)35/h2-4,8-9,18-21H,5-7,10-16,26-27H2,1H3,(H,28,32)(H,29,31)(H,34,35). The Morgan fingerprint density at radius 2 is 1.78 bits per heavy atom. The fourth-order valence-corrected chi connectivity index (χ4v) is 4.71. The van der Waals surface area contributed by atoms with Gasteiger partial charge in [0.15, 0.2) is 0 Å². The van der Waals surface area contributed by atoms with Crippen LogP contribution < -0.4 is 22.1 Å². The Morgan fingerprint density at radius 1 is 1.08 bits per heavy atom. The number of hydrogen-bond donors (Lipinski definition) is 5. The number of aliphatic carboxylic acids is 1. The predicted octanol–water partition coefficient (Wildman–Crippen LogP) is 0.484. The zero-order valence-electron chi connectivity index (χ0n) is 20.9. The maximum absolute atomic E-state index is 13.4. The first-order valence-electron chi connectivity index (χ1n) is 12.4. The third-order valence-electron chi connectivity index (χ3n) is 6.27. The molecule has 3 amide bonds. The summed E-state index contributed by atoms with van der Waals surface area (Å²) in [5, 5.41) is 15.1. The van der Waals surface area contributed by atoms with E-state index >= 15 is 0 Å². The van der Waals surface area contributed by atoms with Gasteiger partial charge in [-0.2, -0.15) is 11.8 Å². The molecule has 11 heteroatoms. The molecule has 0 aliphatic carbocycles. The average Bonchev–Trinajstić information content (AvgIpc) is 3.37. The van der Waals surface area contributed by atoms with E-state index in [1.165, 1.54) is 4.90 Å². The van der Waals surface area contributed by atoms with Crippen molar-refractivity contribution in [3.63, 3.8) is 0 Å². The van der Waals surface area contributed by atoms with Crippen molar-refractivity contribution in [2.45, 2.75) is 69.1 Å². The van der Waals surface area contributed by atoms with E-state index in [0.29, 0.717) is 57.4 Å². The van der Waals surface area contributed by atoms with Crippen LogP contribution in [0.3, 0.4) is 0 Å². The Morgan fingerprint density at radius 3 is 2.42 bits per heavy atom. The van der Waals surface area contributed by atoms with Crippen molar-refractivity contribution in [1.82, 2.24) is 15.5 Å². The highest BCUT2D eigenvalue weighted by Crippen LogP contribution is 2.20. The Hall–Kier alpha value is -2.63. The fraction of sp³-hybridized carbons (Fsp3) is 0.600. The molecule has 1 saturated heterocycles. The minimum absolute atomic E-state index is 0.221. The molecule has 1 heterocycles. The van der Waals surface area contributed by atoms with Crippen LogP contribution in [-0.4, -0.2) is 83.0 Å². The molecule has 0 radical (unpaired) electrons. The molecule has 36 heavy (non-hydrogen) atoms. The monoisotopic (exact) mass is 521 g/mol. The van der Waals surface area contributed by atoms with Crippen LogP contribution in [0.25, 0.3) is 0 Å². The summed E-state index contributed by atoms with van der Waals surface area (Å²) in [6.07, 6.45) is 5.16. The minimum atomic E-state index is -1.05. The van der Waals surface area contributed by atoms with Crippen molar-refractivity contribution < 1.29 is 24.3 Å². The van der Waals surface area contributed by atoms with Crippen molar-refractivity contribution in [2.75, 3.05) is 25.1 Å². The zero-order chi connectivity index (χ0) is 26.5. The lowest BCUT2D eigenvalue weighted by atomic mass is 10.0. The van der Waals surface area contributed by atoms with E-state index in [1.807, 2.05) is 36.6 Å². The van der Waals surface area contributed by atoms with Gasteiger partial charge in [0.05, 0.1) is 6.04 Å². The lowest BCUT2D eigenvalue weighted by Gasteiger charge is -2.29. The van der Waals surface area contributed by atoms with Crippen LogP contribution in [0.5, 0.6) is 0 Å². The molecule has 0 spiro atoms. The number of nitrogens with one attached hydrogen (secondary N) is 2. The number of unbranched alkanes of at least 4 members (excludes halogenated alkanes) is 1. The number of rotatable bonds is 15. The summed E-state index contributed by atoms with van der Waals surface area (Å²) in [5.74, 6) is -1.71. The van der Waals surface area contributed by atoms with Crippen LogP contribution >= 0.6 is 11.8 Å². The van der Waals surface area contributed by atoms with Crippen LogP contribution in [0.15, 0.2) is 30.3 Å². The highest BCUT2D eigenvalue weighted by atomic mass is 32.2. The molecule has 7 N–H and O–H groups in total. The first-order chi connectivity index (χ1) is 17.3. The van der Waals surface area contributed by atoms with E-state index in [-0.39, 0.29) is 6.42 Å². The number of thioether (sulfide) groups is 1. The van der Waals surface area contributed by atoms with Crippen molar-refractivity contribution in [3.05, 3.63) is 35.9 Å². The molecule has 2 rings (SSSR count). The maximum Gasteiger partial charge on any atom is 0.326 e. The van der Waals surface area contributed by atoms with Gasteiger partial charge in [-0.25, -0.2) is 4.79 Å². The lowest BCUT2D eigenvalue weighted by molar-refractivity contribution is -0.149. The molecule has 1 aliphatic heterocycles. The van der Waals surface area contributed by atoms with Crippen molar-refractivity contribution in [1.29, 1.82) is 0 Å². The van der Waals surface area contributed by atoms with E-state index in [4.69, 9.17) is 11.5 Å². The summed E-state index contributed by atoms with van der Waals surface area (Å²) in [5.41, 5.74) is 12.5. The molecule has 200 valence electrons. The van der Waals surface area contributed by atoms with Crippen LogP contribution in [0, 0.1) is 0 Å². The molecule has 0 aromatic heterocycles. The number of carboxylic acid groups (broad SMARTS) is 1. The third kappa shape index (κ3) is 9.11. The number of carbonyl (C=O) groups excluding carboxylic acids is 3. The van der Waals surface area contributed by atoms with E-state index in [1.54, 1.807) is 11.8 Å². The van der Waals surface area contributed by atoms with Gasteiger partial charge in [0.1, 0.15) is 18.1 Å². The van der Waals surface area contributed by atoms with E-state index in [2.05, 4.69) is 10.6 Å². The molecule has 0 saturated carbocycles. The Bertz CT molecular complexity index is 872. The van der Waals surface area contributed by atoms with E-state index in [9.17, 15) is 24.3 Å². The van der Waals surface area contributed by atoms with Gasteiger partial charge in [-0.3, -0.25) is 14.4 Å². The van der Waals surface area contributed by atoms with Gasteiger partial charge in [-0.05, 0) is 62.6 Å². The Balaban J connectivity index is 2.20. The summed E-state index contributed by atoms with van der Waals surface area (Å²) >= 11 is 1.58. The number of benzene rings is 1. The fourth-order valence-electron chi connectivity index (χ4n) is 4.22. The molecule has 4 atom stereocenters. The number of amides is 3. The average molecular weight is 522 g/mol. The number of carbonyl (C=O) groups is 4. The predicted molar refractivity (Wildman–Crippen MR) is 140 cm³/mol. The molecular formula is C25H39N5O5S. The number of nitrogens with two attached hydrogens (primary N) is 2. The van der Waals surface area contributed by atoms with Gasteiger partial charge < -0.3 is 32.1 Å². The van der Waals surface area contributed by atoms with Crippen LogP contribution in [-0.2, 0) is 25.6 Å². The molecule has 0 bridgehead atoms. The number of likely N-dealkylation sites (tertiary alicyclic amines) is 1. The summed E-state index contributed by atoms with van der Waals surface area (Å²) in [7, 11) is 0. The lowest BCUT2D eigenvalue weighted by Crippen LogP contribution is -2.57. The maximum atomic E-state index is 13.4. The van der Waals surface area contributed by atoms with E-state index < -0.39 is 47.9 Å². The highest BCUT2D eigenvalue weighted by molar-refractivity contribution is 7.98. The van der Waals surface area contributed by atoms with Gasteiger partial charge in [0.2, 0.25) is 17.7 Å². The number of hydrogen-bond acceptors (Lipinski definition) is 7. The second kappa shape index (κ2) is 15.5. The molecular weight excluding hydrogens is 482 g/mol. The second-order valence-electron chi connectivity index (χ2n) is 9.01.